The minimum atomic E-state index is -0.675. The van der Waals surface area contributed by atoms with Crippen molar-refractivity contribution < 1.29 is 27.7 Å². The topological polar surface area (TPSA) is 0 Å². The van der Waals surface area contributed by atoms with Crippen molar-refractivity contribution in [3.8, 4) is 0 Å². The maximum absolute atomic E-state index is 2.45. The van der Waals surface area contributed by atoms with Crippen molar-refractivity contribution >= 4 is 33.7 Å². The number of hydrogen-bond acceptors (Lipinski definition) is 0. The predicted octanol–water partition coefficient (Wildman–Crippen LogP) is 5.23. The second-order valence-electron chi connectivity index (χ2n) is 7.89. The molecule has 0 aliphatic carbocycles. The van der Waals surface area contributed by atoms with Crippen LogP contribution in [0.2, 0.25) is 76.8 Å². The molecule has 17 heavy (non-hydrogen) atoms. The van der Waals surface area contributed by atoms with Gasteiger partial charge in [0.25, 0.3) is 0 Å². The van der Waals surface area contributed by atoms with E-state index in [-0.39, 0.29) is 45.3 Å². The van der Waals surface area contributed by atoms with E-state index in [0.717, 1.165) is 0 Å². The zero-order valence-corrected chi connectivity index (χ0v) is 23.6. The fraction of sp³-hybridized carbons (Fsp3) is 1.00. The molecule has 0 saturated heterocycles. The molecule has 5 heteroatoms. The fourth-order valence-electron chi connectivity index (χ4n) is 2.12. The van der Waals surface area contributed by atoms with Gasteiger partial charge in [-0.1, -0.05) is 76.8 Å². The summed E-state index contributed by atoms with van der Waals surface area (Å²) in [5, 5.41) is 0. The van der Waals surface area contributed by atoms with Crippen LogP contribution in [0.5, 0.6) is 0 Å². The van der Waals surface area contributed by atoms with Crippen molar-refractivity contribution in [1.29, 1.82) is 0 Å². The Balaban J connectivity index is -0.000000218. The van der Waals surface area contributed by atoms with Crippen LogP contribution in [0.3, 0.4) is 0 Å². The minimum Gasteiger partial charge on any atom is -0.0715 e. The van der Waals surface area contributed by atoms with Crippen molar-refractivity contribution in [2.75, 3.05) is 0 Å². The first kappa shape index (κ1) is 23.9. The van der Waals surface area contributed by atoms with Crippen molar-refractivity contribution in [1.82, 2.24) is 0 Å². The summed E-state index contributed by atoms with van der Waals surface area (Å²) in [6.07, 6.45) is 0. The molecule has 0 aromatic rings. The molecule has 0 heterocycles. The zero-order chi connectivity index (χ0) is 13.6. The smallest absolute Gasteiger partial charge is 0.0414 e. The van der Waals surface area contributed by atoms with Gasteiger partial charge in [0.15, 0.2) is 0 Å². The van der Waals surface area contributed by atoms with Gasteiger partial charge in [0, 0.05) is 61.4 Å². The molecular weight excluding hydrogens is 457 g/mol. The van der Waals surface area contributed by atoms with Crippen LogP contribution in [0.25, 0.3) is 0 Å². The average molecular weight is 491 g/mol. The van der Waals surface area contributed by atoms with Crippen LogP contribution in [0.4, 0.5) is 0 Å². The van der Waals surface area contributed by atoms with E-state index in [1.54, 1.807) is 11.3 Å². The molecule has 0 amide bonds. The monoisotopic (exact) mass is 492 g/mol. The molecule has 0 unspecified atom stereocenters. The Hall–Kier alpha value is 1.80. The Morgan fingerprint density at radius 1 is 0.588 bits per heavy atom. The second kappa shape index (κ2) is 10.6. The van der Waals surface area contributed by atoms with E-state index in [0.29, 0.717) is 0 Å². The fourth-order valence-corrected chi connectivity index (χ4v) is 19.1. The van der Waals surface area contributed by atoms with Crippen molar-refractivity contribution in [2.24, 2.45) is 0 Å². The summed E-state index contributed by atoms with van der Waals surface area (Å²) in [6.45, 7) is 24.3. The van der Waals surface area contributed by atoms with Gasteiger partial charge < -0.3 is 0 Å². The summed E-state index contributed by atoms with van der Waals surface area (Å²) < 4.78 is 0. The van der Waals surface area contributed by atoms with E-state index in [2.05, 4.69) is 65.5 Å². The molecule has 0 aromatic carbocycles. The molecular formula is C12H34HgSi4. The molecule has 0 saturated carbocycles. The number of rotatable bonds is 4. The predicted molar refractivity (Wildman–Crippen MR) is 91.3 cm³/mol. The van der Waals surface area contributed by atoms with Gasteiger partial charge in [-0.3, -0.25) is 0 Å². The molecule has 0 nitrogen and oxygen atoms in total. The quantitative estimate of drug-likeness (QED) is 0.473. The van der Waals surface area contributed by atoms with E-state index in [4.69, 9.17) is 0 Å². The van der Waals surface area contributed by atoms with Crippen molar-refractivity contribution in [3.05, 3.63) is 0 Å². The Bertz CT molecular complexity index is 148. The standard InChI is InChI=1S/2C6H17Si2.Hg/c2*1-7(2)6-8(3,4)5;/h2*6H2,1-5H3;. The van der Waals surface area contributed by atoms with E-state index >= 15 is 0 Å². The summed E-state index contributed by atoms with van der Waals surface area (Å²) in [5.74, 6) is 0. The van der Waals surface area contributed by atoms with E-state index in [9.17, 15) is 0 Å². The van der Waals surface area contributed by atoms with Crippen LogP contribution in [0.1, 0.15) is 0 Å². The minimum absolute atomic E-state index is 0. The van der Waals surface area contributed by atoms with Crippen LogP contribution in [0.15, 0.2) is 0 Å². The largest absolute Gasteiger partial charge is 0.0715 e. The molecule has 0 aliphatic heterocycles. The molecule has 0 N–H and O–H groups in total. The summed E-state index contributed by atoms with van der Waals surface area (Å²) in [6, 6.07) is 0. The van der Waals surface area contributed by atoms with Gasteiger partial charge >= 0.3 is 0 Å². The van der Waals surface area contributed by atoms with Gasteiger partial charge in [-0.25, -0.2) is 0 Å². The van der Waals surface area contributed by atoms with Crippen LogP contribution < -0.4 is 0 Å². The van der Waals surface area contributed by atoms with Gasteiger partial charge in [-0.2, -0.15) is 0 Å². The summed E-state index contributed by atoms with van der Waals surface area (Å²) >= 11 is 0. The maximum atomic E-state index is 2.45. The first-order valence-corrected chi connectivity index (χ1v) is 19.2. The third kappa shape index (κ3) is 31.9. The molecule has 100 valence electrons. The number of hydrogen-bond donors (Lipinski definition) is 0. The van der Waals surface area contributed by atoms with Crippen molar-refractivity contribution in [2.45, 2.75) is 76.8 Å². The van der Waals surface area contributed by atoms with Crippen LogP contribution in [-0.2, 0) is 27.7 Å². The van der Waals surface area contributed by atoms with Crippen molar-refractivity contribution in [3.63, 3.8) is 0 Å². The van der Waals surface area contributed by atoms with E-state index < -0.39 is 16.1 Å². The molecule has 2 radical (unpaired) electrons. The summed E-state index contributed by atoms with van der Waals surface area (Å²) in [4.78, 5) is 0. The van der Waals surface area contributed by atoms with Crippen LogP contribution in [0, 0.1) is 0 Å². The van der Waals surface area contributed by atoms with E-state index in [1.165, 1.54) is 0 Å². The zero-order valence-electron chi connectivity index (χ0n) is 14.1. The van der Waals surface area contributed by atoms with Crippen LogP contribution >= 0.6 is 0 Å². The third-order valence-corrected chi connectivity index (χ3v) is 15.9. The molecule has 0 atom stereocenters. The van der Waals surface area contributed by atoms with Gasteiger partial charge in [-0.15, -0.1) is 0 Å². The molecule has 0 fully saturated rings. The first-order chi connectivity index (χ1) is 6.83. The molecule has 0 aliphatic rings. The molecule has 0 rings (SSSR count). The second-order valence-corrected chi connectivity index (χ2v) is 25.8. The summed E-state index contributed by atoms with van der Waals surface area (Å²) in [7, 11) is -1.21. The Kier molecular flexibility index (Phi) is 14.8. The van der Waals surface area contributed by atoms with Crippen LogP contribution in [-0.4, -0.2) is 33.7 Å². The van der Waals surface area contributed by atoms with Gasteiger partial charge in [0.1, 0.15) is 0 Å². The average Bonchev–Trinajstić information content (AvgIpc) is 1.72. The summed E-state index contributed by atoms with van der Waals surface area (Å²) in [5.41, 5.74) is 3.13. The maximum Gasteiger partial charge on any atom is 0.0414 e. The third-order valence-electron chi connectivity index (χ3n) is 1.77. The van der Waals surface area contributed by atoms with Gasteiger partial charge in [0.2, 0.25) is 0 Å². The molecule has 0 bridgehead atoms. The van der Waals surface area contributed by atoms with Gasteiger partial charge in [-0.05, 0) is 0 Å². The Morgan fingerprint density at radius 3 is 0.765 bits per heavy atom. The Morgan fingerprint density at radius 2 is 0.765 bits per heavy atom. The normalized spacial score (nSPS) is 12.0. The molecule has 0 aromatic heterocycles. The Labute approximate surface area is 137 Å². The molecule has 0 spiro atoms. The van der Waals surface area contributed by atoms with Gasteiger partial charge in [0.05, 0.1) is 0 Å². The SMILES string of the molecule is C[Si](C)C[Si](C)(C)C.C[Si](C)C[Si](C)(C)C.[Hg]. The first-order valence-electron chi connectivity index (χ1n) is 6.41. The van der Waals surface area contributed by atoms with E-state index in [1.807, 2.05) is 0 Å².